The van der Waals surface area contributed by atoms with Gasteiger partial charge in [-0.25, -0.2) is 0 Å². The zero-order valence-corrected chi connectivity index (χ0v) is 53.9. The lowest BCUT2D eigenvalue weighted by molar-refractivity contribution is -0.167. The van der Waals surface area contributed by atoms with Gasteiger partial charge in [0.25, 0.3) is 0 Å². The summed E-state index contributed by atoms with van der Waals surface area (Å²) in [7, 11) is 0. The van der Waals surface area contributed by atoms with E-state index in [2.05, 4.69) is 69.4 Å². The van der Waals surface area contributed by atoms with Gasteiger partial charge in [-0.15, -0.1) is 0 Å². The minimum absolute atomic E-state index is 0.0733. The fourth-order valence-electron chi connectivity index (χ4n) is 10.6. The first-order valence-corrected chi connectivity index (χ1v) is 35.6. The van der Waals surface area contributed by atoms with E-state index in [1.54, 1.807) is 0 Å². The van der Waals surface area contributed by atoms with Crippen molar-refractivity contribution in [1.29, 1.82) is 0 Å². The van der Waals surface area contributed by atoms with Crippen molar-refractivity contribution in [2.45, 2.75) is 393 Å². The molecule has 1 atom stereocenters. The van der Waals surface area contributed by atoms with Gasteiger partial charge in [0.05, 0.1) is 0 Å². The molecule has 0 heterocycles. The highest BCUT2D eigenvalue weighted by Crippen LogP contribution is 2.18. The highest BCUT2D eigenvalue weighted by molar-refractivity contribution is 5.71. The van der Waals surface area contributed by atoms with E-state index in [9.17, 15) is 14.4 Å². The molecule has 0 N–H and O–H groups in total. The van der Waals surface area contributed by atoms with Crippen LogP contribution in [0, 0.1) is 0 Å². The molecule has 0 aliphatic carbocycles. The van der Waals surface area contributed by atoms with Crippen molar-refractivity contribution >= 4 is 17.9 Å². The first-order chi connectivity index (χ1) is 39.5. The van der Waals surface area contributed by atoms with Crippen LogP contribution >= 0.6 is 0 Å². The summed E-state index contributed by atoms with van der Waals surface area (Å²) in [6.45, 7) is 6.68. The Morgan fingerprint density at radius 3 is 0.713 bits per heavy atom. The van der Waals surface area contributed by atoms with Crippen molar-refractivity contribution in [3.63, 3.8) is 0 Å². The van der Waals surface area contributed by atoms with E-state index >= 15 is 0 Å². The van der Waals surface area contributed by atoms with Crippen LogP contribution in [0.4, 0.5) is 0 Å². The van der Waals surface area contributed by atoms with Gasteiger partial charge < -0.3 is 14.2 Å². The third-order valence-corrected chi connectivity index (χ3v) is 16.0. The van der Waals surface area contributed by atoms with Gasteiger partial charge in [0, 0.05) is 19.3 Å². The Labute approximate surface area is 498 Å². The topological polar surface area (TPSA) is 78.9 Å². The van der Waals surface area contributed by atoms with Gasteiger partial charge in [0.1, 0.15) is 13.2 Å². The lowest BCUT2D eigenvalue weighted by Crippen LogP contribution is -2.30. The van der Waals surface area contributed by atoms with Crippen LogP contribution in [-0.2, 0) is 28.6 Å². The third kappa shape index (κ3) is 66.2. The molecule has 0 saturated heterocycles. The molecule has 0 saturated carbocycles. The number of carbonyl (C=O) groups is 3. The normalized spacial score (nSPS) is 12.3. The van der Waals surface area contributed by atoms with Crippen LogP contribution in [0.25, 0.3) is 0 Å². The van der Waals surface area contributed by atoms with Crippen LogP contribution in [0.1, 0.15) is 387 Å². The van der Waals surface area contributed by atoms with Crippen LogP contribution in [0.5, 0.6) is 0 Å². The summed E-state index contributed by atoms with van der Waals surface area (Å²) in [6.07, 6.45) is 87.0. The summed E-state index contributed by atoms with van der Waals surface area (Å²) >= 11 is 0. The molecule has 80 heavy (non-hydrogen) atoms. The van der Waals surface area contributed by atoms with Crippen molar-refractivity contribution in [2.24, 2.45) is 0 Å². The Kier molecular flexibility index (Phi) is 66.6. The summed E-state index contributed by atoms with van der Waals surface area (Å²) in [5, 5.41) is 0. The molecule has 0 aromatic rings. The smallest absolute Gasteiger partial charge is 0.306 e. The van der Waals surface area contributed by atoms with E-state index in [-0.39, 0.29) is 31.1 Å². The first kappa shape index (κ1) is 77.4. The maximum Gasteiger partial charge on any atom is 0.306 e. The van der Waals surface area contributed by atoms with Gasteiger partial charge >= 0.3 is 17.9 Å². The van der Waals surface area contributed by atoms with Crippen molar-refractivity contribution in [1.82, 2.24) is 0 Å². The van der Waals surface area contributed by atoms with E-state index in [0.717, 1.165) is 70.6 Å². The fraction of sp³-hybridized carbons (Fsp3) is 0.851. The van der Waals surface area contributed by atoms with E-state index in [0.29, 0.717) is 19.3 Å². The molecule has 0 aromatic heterocycles. The zero-order valence-electron chi connectivity index (χ0n) is 53.9. The van der Waals surface area contributed by atoms with Gasteiger partial charge in [0.2, 0.25) is 0 Å². The molecule has 0 spiro atoms. The number of rotatable bonds is 66. The number of hydrogen-bond acceptors (Lipinski definition) is 6. The third-order valence-electron chi connectivity index (χ3n) is 16.0. The van der Waals surface area contributed by atoms with E-state index in [4.69, 9.17) is 14.2 Å². The molecule has 0 aliphatic rings. The SMILES string of the molecule is CCCCCC/C=C\C/C=C\CCCCCCCCCC(=O)OCC(COC(=O)CCCCCCCCCCCCCCC/C=C\CCCCCCCCCC)OC(=O)CCCCCCCCCCC/C=C\CCCCCCCC. The lowest BCUT2D eigenvalue weighted by atomic mass is 10.0. The van der Waals surface area contributed by atoms with Crippen molar-refractivity contribution in [2.75, 3.05) is 13.2 Å². The summed E-state index contributed by atoms with van der Waals surface area (Å²) in [4.78, 5) is 38.5. The molecule has 0 aromatic carbocycles. The molecular formula is C74H136O6. The minimum atomic E-state index is -0.778. The molecular weight excluding hydrogens is 985 g/mol. The lowest BCUT2D eigenvalue weighted by Gasteiger charge is -2.18. The Balaban J connectivity index is 4.31. The molecule has 468 valence electrons. The summed E-state index contributed by atoms with van der Waals surface area (Å²) in [5.41, 5.74) is 0. The van der Waals surface area contributed by atoms with Crippen LogP contribution < -0.4 is 0 Å². The number of allylic oxidation sites excluding steroid dienone is 8. The van der Waals surface area contributed by atoms with Crippen LogP contribution in [0.15, 0.2) is 48.6 Å². The van der Waals surface area contributed by atoms with Crippen molar-refractivity contribution in [3.8, 4) is 0 Å². The quantitative estimate of drug-likeness (QED) is 0.0261. The largest absolute Gasteiger partial charge is 0.462 e. The number of esters is 3. The Hall–Kier alpha value is -2.63. The van der Waals surface area contributed by atoms with E-state index in [1.165, 1.54) is 276 Å². The summed E-state index contributed by atoms with van der Waals surface area (Å²) < 4.78 is 17.0. The fourth-order valence-corrected chi connectivity index (χ4v) is 10.6. The number of unbranched alkanes of at least 4 members (excludes halogenated alkanes) is 47. The van der Waals surface area contributed by atoms with E-state index < -0.39 is 6.10 Å². The van der Waals surface area contributed by atoms with Crippen molar-refractivity contribution < 1.29 is 28.6 Å². The standard InChI is InChI=1S/C74H136O6/c1-4-7-10-13-16-19-22-25-28-31-34-35-36-37-38-39-41-43-46-49-52-55-58-61-64-67-73(76)79-70-71(69-78-72(75)66-63-60-57-54-51-48-45-42-33-30-27-24-21-18-15-12-9-6-3)80-74(77)68-65-62-59-56-53-50-47-44-40-32-29-26-23-20-17-14-11-8-5-2/h21,24,26,29-31,33-34,71H,4-20,22-23,25,27-28,32,35-70H2,1-3H3/b24-21-,29-26-,33-30-,34-31-. The van der Waals surface area contributed by atoms with Crippen LogP contribution in [0.2, 0.25) is 0 Å². The summed E-state index contributed by atoms with van der Waals surface area (Å²) in [5.74, 6) is -0.858. The molecule has 1 unspecified atom stereocenters. The predicted octanol–water partition coefficient (Wildman–Crippen LogP) is 24.5. The van der Waals surface area contributed by atoms with Gasteiger partial charge in [-0.1, -0.05) is 313 Å². The van der Waals surface area contributed by atoms with Crippen LogP contribution in [0.3, 0.4) is 0 Å². The summed E-state index contributed by atoms with van der Waals surface area (Å²) in [6, 6.07) is 0. The Morgan fingerprint density at radius 2 is 0.450 bits per heavy atom. The molecule has 0 aliphatic heterocycles. The van der Waals surface area contributed by atoms with Crippen molar-refractivity contribution in [3.05, 3.63) is 48.6 Å². The average Bonchev–Trinajstić information content (AvgIpc) is 3.46. The highest BCUT2D eigenvalue weighted by atomic mass is 16.6. The monoisotopic (exact) mass is 1120 g/mol. The Bertz CT molecular complexity index is 1380. The second kappa shape index (κ2) is 68.9. The highest BCUT2D eigenvalue weighted by Gasteiger charge is 2.19. The number of hydrogen-bond donors (Lipinski definition) is 0. The zero-order chi connectivity index (χ0) is 57.8. The number of carbonyl (C=O) groups excluding carboxylic acids is 3. The molecule has 0 amide bonds. The molecule has 6 heteroatoms. The maximum absolute atomic E-state index is 13.0. The predicted molar refractivity (Wildman–Crippen MR) is 349 cm³/mol. The van der Waals surface area contributed by atoms with Crippen LogP contribution in [-0.4, -0.2) is 37.2 Å². The van der Waals surface area contributed by atoms with Gasteiger partial charge in [-0.3, -0.25) is 14.4 Å². The molecule has 0 rings (SSSR count). The second-order valence-corrected chi connectivity index (χ2v) is 24.1. The molecule has 0 bridgehead atoms. The average molecular weight is 1120 g/mol. The molecule has 0 fully saturated rings. The first-order valence-electron chi connectivity index (χ1n) is 35.6. The Morgan fingerprint density at radius 1 is 0.250 bits per heavy atom. The minimum Gasteiger partial charge on any atom is -0.462 e. The van der Waals surface area contributed by atoms with Gasteiger partial charge in [0.15, 0.2) is 6.10 Å². The van der Waals surface area contributed by atoms with E-state index in [1.807, 2.05) is 0 Å². The number of ether oxygens (including phenoxy) is 3. The van der Waals surface area contributed by atoms with Gasteiger partial charge in [-0.2, -0.15) is 0 Å². The second-order valence-electron chi connectivity index (χ2n) is 24.1. The van der Waals surface area contributed by atoms with Gasteiger partial charge in [-0.05, 0) is 103 Å². The maximum atomic E-state index is 13.0. The molecule has 6 nitrogen and oxygen atoms in total. The molecule has 0 radical (unpaired) electrons.